The van der Waals surface area contributed by atoms with Crippen LogP contribution in [0.4, 0.5) is 0 Å². The Morgan fingerprint density at radius 1 is 1.07 bits per heavy atom. The fourth-order valence-corrected chi connectivity index (χ4v) is 4.58. The van der Waals surface area contributed by atoms with E-state index in [4.69, 9.17) is 14.2 Å². The van der Waals surface area contributed by atoms with E-state index in [1.807, 2.05) is 6.07 Å². The van der Waals surface area contributed by atoms with Gasteiger partial charge in [0.15, 0.2) is 11.5 Å². The second-order valence-corrected chi connectivity index (χ2v) is 8.97. The second-order valence-electron chi connectivity index (χ2n) is 8.97. The molecule has 3 rings (SSSR count). The lowest BCUT2D eigenvalue weighted by Crippen LogP contribution is -2.83. The molecule has 2 aromatic rings. The highest BCUT2D eigenvalue weighted by Gasteiger charge is 2.39. The molecule has 4 heteroatoms. The molecule has 164 valence electrons. The first kappa shape index (κ1) is 22.6. The van der Waals surface area contributed by atoms with Crippen LogP contribution in [0.5, 0.6) is 11.5 Å². The summed E-state index contributed by atoms with van der Waals surface area (Å²) in [7, 11) is 3.36. The first-order valence-electron chi connectivity index (χ1n) is 11.2. The molecule has 0 aromatic heterocycles. The van der Waals surface area contributed by atoms with E-state index in [0.29, 0.717) is 12.0 Å². The second kappa shape index (κ2) is 10.3. The zero-order valence-corrected chi connectivity index (χ0v) is 19.2. The lowest BCUT2D eigenvalue weighted by atomic mass is 9.68. The Hall–Kier alpha value is -2.04. The van der Waals surface area contributed by atoms with Gasteiger partial charge in [-0.15, -0.1) is 0 Å². The largest absolute Gasteiger partial charge is 0.493 e. The van der Waals surface area contributed by atoms with Crippen LogP contribution in [0.25, 0.3) is 0 Å². The van der Waals surface area contributed by atoms with Gasteiger partial charge in [0.2, 0.25) is 0 Å². The maximum Gasteiger partial charge on any atom is 0.161 e. The number of hydrogen-bond donors (Lipinski definition) is 1. The molecule has 0 aliphatic carbocycles. The van der Waals surface area contributed by atoms with E-state index in [1.165, 1.54) is 16.7 Å². The lowest BCUT2D eigenvalue weighted by Gasteiger charge is -2.42. The van der Waals surface area contributed by atoms with Crippen LogP contribution in [0.1, 0.15) is 49.8 Å². The topological polar surface area (TPSA) is 44.3 Å². The van der Waals surface area contributed by atoms with E-state index in [1.54, 1.807) is 14.2 Å². The first-order valence-corrected chi connectivity index (χ1v) is 11.2. The Morgan fingerprint density at radius 3 is 2.47 bits per heavy atom. The van der Waals surface area contributed by atoms with Crippen LogP contribution in [-0.2, 0) is 16.7 Å². The van der Waals surface area contributed by atoms with Crippen molar-refractivity contribution in [2.75, 3.05) is 27.4 Å². The summed E-state index contributed by atoms with van der Waals surface area (Å²) >= 11 is 0. The van der Waals surface area contributed by atoms with E-state index in [0.717, 1.165) is 50.5 Å². The van der Waals surface area contributed by atoms with Crippen LogP contribution in [0.15, 0.2) is 42.5 Å². The van der Waals surface area contributed by atoms with Gasteiger partial charge in [-0.2, -0.15) is 0 Å². The highest BCUT2D eigenvalue weighted by molar-refractivity contribution is 5.42. The summed E-state index contributed by atoms with van der Waals surface area (Å²) in [5.41, 5.74) is 4.25. The Morgan fingerprint density at radius 2 is 1.80 bits per heavy atom. The number of ether oxygens (including phenoxy) is 3. The third kappa shape index (κ3) is 5.35. The normalized spacial score (nSPS) is 21.6. The molecule has 1 aliphatic rings. The molecule has 30 heavy (non-hydrogen) atoms. The summed E-state index contributed by atoms with van der Waals surface area (Å²) in [5.74, 6) is 2.12. The maximum absolute atomic E-state index is 6.13. The van der Waals surface area contributed by atoms with Gasteiger partial charge in [0.05, 0.1) is 26.9 Å². The highest BCUT2D eigenvalue weighted by Crippen LogP contribution is 2.41. The van der Waals surface area contributed by atoms with Gasteiger partial charge in [-0.05, 0) is 49.4 Å². The summed E-state index contributed by atoms with van der Waals surface area (Å²) in [4.78, 5) is 0. The van der Waals surface area contributed by atoms with E-state index in [-0.39, 0.29) is 5.41 Å². The van der Waals surface area contributed by atoms with Crippen molar-refractivity contribution in [1.29, 1.82) is 0 Å². The van der Waals surface area contributed by atoms with Crippen LogP contribution in [0.2, 0.25) is 0 Å². The number of aryl methyl sites for hydroxylation is 1. The van der Waals surface area contributed by atoms with Crippen molar-refractivity contribution in [3.8, 4) is 11.5 Å². The van der Waals surface area contributed by atoms with Gasteiger partial charge in [0.1, 0.15) is 6.54 Å². The molecule has 1 fully saturated rings. The summed E-state index contributed by atoms with van der Waals surface area (Å²) in [6, 6.07) is 15.4. The fourth-order valence-electron chi connectivity index (χ4n) is 4.58. The van der Waals surface area contributed by atoms with Crippen molar-refractivity contribution >= 4 is 0 Å². The molecule has 2 N–H and O–H groups in total. The van der Waals surface area contributed by atoms with Crippen LogP contribution in [-0.4, -0.2) is 33.5 Å². The van der Waals surface area contributed by atoms with Crippen LogP contribution >= 0.6 is 0 Å². The summed E-state index contributed by atoms with van der Waals surface area (Å²) < 4.78 is 16.9. The molecule has 0 saturated carbocycles. The van der Waals surface area contributed by atoms with Gasteiger partial charge < -0.3 is 19.5 Å². The van der Waals surface area contributed by atoms with Gasteiger partial charge in [-0.1, -0.05) is 43.7 Å². The quantitative estimate of drug-likeness (QED) is 0.627. The zero-order chi connectivity index (χ0) is 21.6. The minimum Gasteiger partial charge on any atom is -0.493 e. The summed E-state index contributed by atoms with van der Waals surface area (Å²) in [6.45, 7) is 9.60. The number of nitrogens with two attached hydrogens (primary N) is 1. The molecule has 0 unspecified atom stereocenters. The number of methoxy groups -OCH3 is 2. The summed E-state index contributed by atoms with van der Waals surface area (Å²) in [6.07, 6.45) is 3.71. The van der Waals surface area contributed by atoms with Gasteiger partial charge >= 0.3 is 0 Å². The van der Waals surface area contributed by atoms with Crippen molar-refractivity contribution in [1.82, 2.24) is 0 Å². The monoisotopic (exact) mass is 412 g/mol. The van der Waals surface area contributed by atoms with Crippen LogP contribution < -0.4 is 14.8 Å². The van der Waals surface area contributed by atoms with E-state index in [2.05, 4.69) is 62.5 Å². The van der Waals surface area contributed by atoms with E-state index >= 15 is 0 Å². The number of hydrogen-bond acceptors (Lipinski definition) is 3. The predicted molar refractivity (Wildman–Crippen MR) is 121 cm³/mol. The molecule has 4 nitrogen and oxygen atoms in total. The highest BCUT2D eigenvalue weighted by atomic mass is 16.5. The molecule has 2 aromatic carbocycles. The number of quaternary nitrogens is 1. The molecular weight excluding hydrogens is 374 g/mol. The molecule has 1 saturated heterocycles. The van der Waals surface area contributed by atoms with Gasteiger partial charge in [-0.3, -0.25) is 0 Å². The lowest BCUT2D eigenvalue weighted by molar-refractivity contribution is -0.672. The SMILES string of the molecule is COc1ccc(C[NH2+]CC[C@@]2(c3ccc(C)cc3)CCO[C@H](C(C)C)C2)cc1OC. The number of rotatable bonds is 9. The fraction of sp³-hybridized carbons (Fsp3) is 0.538. The molecular formula is C26H38NO3+. The third-order valence-electron chi connectivity index (χ3n) is 6.57. The van der Waals surface area contributed by atoms with E-state index in [9.17, 15) is 0 Å². The standard InChI is InChI=1S/C26H37NO3/c1-19(2)25-17-26(13-15-30-25,22-9-6-20(3)7-10-22)12-14-27-18-21-8-11-23(28-4)24(16-21)29-5/h6-11,16,19,25,27H,12-15,17-18H2,1-5H3/p+1/t25-,26+/m0/s1. The van der Waals surface area contributed by atoms with Crippen molar-refractivity contribution < 1.29 is 19.5 Å². The van der Waals surface area contributed by atoms with Crippen molar-refractivity contribution in [3.63, 3.8) is 0 Å². The third-order valence-corrected chi connectivity index (χ3v) is 6.57. The molecule has 0 bridgehead atoms. The molecule has 0 amide bonds. The van der Waals surface area contributed by atoms with E-state index < -0.39 is 0 Å². The summed E-state index contributed by atoms with van der Waals surface area (Å²) in [5, 5.41) is 2.41. The molecule has 2 atom stereocenters. The Bertz CT molecular complexity index is 802. The zero-order valence-electron chi connectivity index (χ0n) is 19.2. The maximum atomic E-state index is 6.13. The van der Waals surface area contributed by atoms with Crippen LogP contribution in [0, 0.1) is 12.8 Å². The average Bonchev–Trinajstić information content (AvgIpc) is 2.77. The Kier molecular flexibility index (Phi) is 7.79. The minimum atomic E-state index is 0.203. The Balaban J connectivity index is 1.68. The smallest absolute Gasteiger partial charge is 0.161 e. The van der Waals surface area contributed by atoms with Gasteiger partial charge in [-0.25, -0.2) is 0 Å². The minimum absolute atomic E-state index is 0.203. The van der Waals surface area contributed by atoms with Gasteiger partial charge in [0, 0.05) is 24.0 Å². The van der Waals surface area contributed by atoms with Crippen molar-refractivity contribution in [2.45, 2.75) is 58.1 Å². The average molecular weight is 413 g/mol. The van der Waals surface area contributed by atoms with Crippen LogP contribution in [0.3, 0.4) is 0 Å². The Labute approximate surface area is 181 Å². The number of benzene rings is 2. The van der Waals surface area contributed by atoms with Crippen molar-refractivity contribution in [3.05, 3.63) is 59.2 Å². The van der Waals surface area contributed by atoms with Crippen molar-refractivity contribution in [2.24, 2.45) is 5.92 Å². The first-order chi connectivity index (χ1) is 14.5. The molecule has 0 radical (unpaired) electrons. The van der Waals surface area contributed by atoms with Gasteiger partial charge in [0.25, 0.3) is 0 Å². The predicted octanol–water partition coefficient (Wildman–Crippen LogP) is 4.24. The molecule has 1 aliphatic heterocycles. The molecule has 0 spiro atoms. The molecule has 1 heterocycles.